The number of hydrogen-bond donors (Lipinski definition) is 1. The predicted molar refractivity (Wildman–Crippen MR) is 67.6 cm³/mol. The maximum atomic E-state index is 5.69. The Kier molecular flexibility index (Phi) is 2.53. The molecule has 0 saturated carbocycles. The minimum atomic E-state index is -0.247. The molecule has 0 aliphatic heterocycles. The van der Waals surface area contributed by atoms with Crippen LogP contribution in [0.25, 0.3) is 22.5 Å². The zero-order valence-electron chi connectivity index (χ0n) is 9.87. The molecule has 0 radical (unpaired) electrons. The van der Waals surface area contributed by atoms with Crippen LogP contribution in [0, 0.1) is 0 Å². The fourth-order valence-corrected chi connectivity index (χ4v) is 1.71. The van der Waals surface area contributed by atoms with Gasteiger partial charge in [-0.3, -0.25) is 0 Å². The van der Waals surface area contributed by atoms with Gasteiger partial charge in [-0.1, -0.05) is 29.4 Å². The van der Waals surface area contributed by atoms with E-state index in [4.69, 9.17) is 10.3 Å². The molecule has 0 aliphatic carbocycles. The first-order chi connectivity index (χ1) is 8.74. The Balaban J connectivity index is 2.07. The largest absolute Gasteiger partial charge is 0.332 e. The number of benzene rings is 1. The number of nitrogens with two attached hydrogens (primary N) is 1. The summed E-state index contributed by atoms with van der Waals surface area (Å²) in [6.07, 6.45) is 0. The predicted octanol–water partition coefficient (Wildman–Crippen LogP) is 2.30. The molecule has 90 valence electrons. The highest BCUT2D eigenvalue weighted by Crippen LogP contribution is 2.20. The summed E-state index contributed by atoms with van der Waals surface area (Å²) in [5, 5.41) is 4.90. The second-order valence-electron chi connectivity index (χ2n) is 4.14. The van der Waals surface area contributed by atoms with Crippen LogP contribution < -0.4 is 5.73 Å². The van der Waals surface area contributed by atoms with Crippen molar-refractivity contribution in [3.63, 3.8) is 0 Å². The Hall–Kier alpha value is -2.27. The highest BCUT2D eigenvalue weighted by atomic mass is 16.5. The number of nitrogens with zero attached hydrogens (tertiary/aromatic N) is 3. The molecule has 2 aromatic heterocycles. The fourth-order valence-electron chi connectivity index (χ4n) is 1.71. The molecule has 1 unspecified atom stereocenters. The van der Waals surface area contributed by atoms with Crippen LogP contribution in [0.5, 0.6) is 0 Å². The van der Waals surface area contributed by atoms with E-state index < -0.39 is 0 Å². The number of rotatable bonds is 2. The summed E-state index contributed by atoms with van der Waals surface area (Å²) in [5.41, 5.74) is 7.25. The van der Waals surface area contributed by atoms with Gasteiger partial charge in [-0.25, -0.2) is 4.98 Å². The van der Waals surface area contributed by atoms with Gasteiger partial charge in [0, 0.05) is 5.39 Å². The van der Waals surface area contributed by atoms with Crippen molar-refractivity contribution in [2.45, 2.75) is 13.0 Å². The van der Waals surface area contributed by atoms with Gasteiger partial charge in [-0.15, -0.1) is 0 Å². The van der Waals surface area contributed by atoms with Crippen LogP contribution >= 0.6 is 0 Å². The number of para-hydroxylation sites is 1. The van der Waals surface area contributed by atoms with Crippen LogP contribution in [0.4, 0.5) is 0 Å². The van der Waals surface area contributed by atoms with Crippen LogP contribution in [0.2, 0.25) is 0 Å². The lowest BCUT2D eigenvalue weighted by molar-refractivity contribution is 0.417. The standard InChI is InChI=1S/C13H12N4O/c1-8(14)12-16-13(18-17-12)11-7-6-9-4-2-3-5-10(9)15-11/h2-8H,14H2,1H3. The van der Waals surface area contributed by atoms with Gasteiger partial charge in [-0.05, 0) is 19.1 Å². The van der Waals surface area contributed by atoms with Crippen molar-refractivity contribution in [1.82, 2.24) is 15.1 Å². The zero-order valence-corrected chi connectivity index (χ0v) is 9.87. The van der Waals surface area contributed by atoms with Crippen LogP contribution in [-0.4, -0.2) is 15.1 Å². The van der Waals surface area contributed by atoms with E-state index in [0.717, 1.165) is 10.9 Å². The van der Waals surface area contributed by atoms with E-state index in [1.165, 1.54) is 0 Å². The summed E-state index contributed by atoms with van der Waals surface area (Å²) in [7, 11) is 0. The van der Waals surface area contributed by atoms with Gasteiger partial charge < -0.3 is 10.3 Å². The van der Waals surface area contributed by atoms with E-state index in [2.05, 4.69) is 15.1 Å². The molecule has 1 atom stereocenters. The van der Waals surface area contributed by atoms with E-state index in [0.29, 0.717) is 17.4 Å². The van der Waals surface area contributed by atoms with Crippen molar-refractivity contribution in [2.24, 2.45) is 5.73 Å². The third-order valence-corrected chi connectivity index (χ3v) is 2.67. The van der Waals surface area contributed by atoms with Crippen LogP contribution in [0.3, 0.4) is 0 Å². The Morgan fingerprint density at radius 3 is 2.72 bits per heavy atom. The van der Waals surface area contributed by atoms with Crippen molar-refractivity contribution < 1.29 is 4.52 Å². The van der Waals surface area contributed by atoms with Crippen LogP contribution in [-0.2, 0) is 0 Å². The molecule has 2 heterocycles. The highest BCUT2D eigenvalue weighted by molar-refractivity contribution is 5.80. The number of pyridine rings is 1. The topological polar surface area (TPSA) is 77.8 Å². The summed E-state index contributed by atoms with van der Waals surface area (Å²) in [6, 6.07) is 11.5. The van der Waals surface area contributed by atoms with Gasteiger partial charge in [0.1, 0.15) is 5.69 Å². The first kappa shape index (κ1) is 10.9. The number of fused-ring (bicyclic) bond motifs is 1. The normalized spacial score (nSPS) is 12.8. The highest BCUT2D eigenvalue weighted by Gasteiger charge is 2.12. The summed E-state index contributed by atoms with van der Waals surface area (Å²) in [5.74, 6) is 0.882. The molecule has 1 aromatic carbocycles. The summed E-state index contributed by atoms with van der Waals surface area (Å²) in [4.78, 5) is 8.70. The van der Waals surface area contributed by atoms with Gasteiger partial charge in [0.15, 0.2) is 5.82 Å². The Morgan fingerprint density at radius 1 is 1.11 bits per heavy atom. The average Bonchev–Trinajstić information content (AvgIpc) is 2.88. The van der Waals surface area contributed by atoms with E-state index in [-0.39, 0.29) is 6.04 Å². The first-order valence-corrected chi connectivity index (χ1v) is 5.69. The van der Waals surface area contributed by atoms with Crippen LogP contribution in [0.1, 0.15) is 18.8 Å². The second-order valence-corrected chi connectivity index (χ2v) is 4.14. The molecule has 3 rings (SSSR count). The lowest BCUT2D eigenvalue weighted by Gasteiger charge is -1.98. The van der Waals surface area contributed by atoms with Crippen molar-refractivity contribution in [3.8, 4) is 11.6 Å². The zero-order chi connectivity index (χ0) is 12.5. The Morgan fingerprint density at radius 2 is 1.94 bits per heavy atom. The van der Waals surface area contributed by atoms with Gasteiger partial charge in [0.25, 0.3) is 5.89 Å². The van der Waals surface area contributed by atoms with E-state index >= 15 is 0 Å². The molecule has 5 nitrogen and oxygen atoms in total. The van der Waals surface area contributed by atoms with Crippen molar-refractivity contribution in [3.05, 3.63) is 42.2 Å². The molecule has 0 fully saturated rings. The smallest absolute Gasteiger partial charge is 0.276 e. The minimum absolute atomic E-state index is 0.247. The molecule has 18 heavy (non-hydrogen) atoms. The van der Waals surface area contributed by atoms with Gasteiger partial charge in [0.05, 0.1) is 11.6 Å². The monoisotopic (exact) mass is 240 g/mol. The van der Waals surface area contributed by atoms with E-state index in [1.54, 1.807) is 0 Å². The maximum Gasteiger partial charge on any atom is 0.276 e. The molecule has 5 heteroatoms. The SMILES string of the molecule is CC(N)c1noc(-c2ccc3ccccc3n2)n1. The van der Waals surface area contributed by atoms with Gasteiger partial charge in [-0.2, -0.15) is 4.98 Å². The molecular weight excluding hydrogens is 228 g/mol. The van der Waals surface area contributed by atoms with E-state index in [9.17, 15) is 0 Å². The third kappa shape index (κ3) is 1.84. The maximum absolute atomic E-state index is 5.69. The van der Waals surface area contributed by atoms with Gasteiger partial charge >= 0.3 is 0 Å². The van der Waals surface area contributed by atoms with Crippen molar-refractivity contribution in [1.29, 1.82) is 0 Å². The van der Waals surface area contributed by atoms with Crippen molar-refractivity contribution in [2.75, 3.05) is 0 Å². The van der Waals surface area contributed by atoms with E-state index in [1.807, 2.05) is 43.3 Å². The number of hydrogen-bond acceptors (Lipinski definition) is 5. The average molecular weight is 240 g/mol. The quantitative estimate of drug-likeness (QED) is 0.743. The summed E-state index contributed by atoms with van der Waals surface area (Å²) < 4.78 is 5.16. The molecule has 3 aromatic rings. The molecule has 0 saturated heterocycles. The molecule has 0 bridgehead atoms. The van der Waals surface area contributed by atoms with Gasteiger partial charge in [0.2, 0.25) is 0 Å². The lowest BCUT2D eigenvalue weighted by Crippen LogP contribution is -2.06. The molecular formula is C13H12N4O. The Labute approximate surface area is 104 Å². The second kappa shape index (κ2) is 4.19. The van der Waals surface area contributed by atoms with Crippen molar-refractivity contribution >= 4 is 10.9 Å². The molecule has 0 aliphatic rings. The fraction of sp³-hybridized carbons (Fsp3) is 0.154. The minimum Gasteiger partial charge on any atom is -0.332 e. The lowest BCUT2D eigenvalue weighted by atomic mass is 10.2. The summed E-state index contributed by atoms with van der Waals surface area (Å²) in [6.45, 7) is 1.81. The molecule has 2 N–H and O–H groups in total. The Bertz CT molecular complexity index is 690. The molecule has 0 spiro atoms. The first-order valence-electron chi connectivity index (χ1n) is 5.69. The summed E-state index contributed by atoms with van der Waals surface area (Å²) >= 11 is 0. The molecule has 0 amide bonds. The number of aromatic nitrogens is 3. The third-order valence-electron chi connectivity index (χ3n) is 2.67. The van der Waals surface area contributed by atoms with Crippen LogP contribution in [0.15, 0.2) is 40.9 Å².